The molecule has 0 fully saturated rings. The van der Waals surface area contributed by atoms with Crippen LogP contribution in [0.15, 0.2) is 4.42 Å². The Labute approximate surface area is 96.1 Å². The van der Waals surface area contributed by atoms with Crippen molar-refractivity contribution in [2.24, 2.45) is 0 Å². The number of anilines is 1. The van der Waals surface area contributed by atoms with E-state index in [0.29, 0.717) is 16.3 Å². The molecule has 5 nitrogen and oxygen atoms in total. The average Bonchev–Trinajstić information content (AvgIpc) is 2.70. The highest BCUT2D eigenvalue weighted by Gasteiger charge is 2.24. The second kappa shape index (κ2) is 2.91. The van der Waals surface area contributed by atoms with Crippen molar-refractivity contribution in [3.8, 4) is 0 Å². The third-order valence-corrected chi connectivity index (χ3v) is 3.17. The van der Waals surface area contributed by atoms with Gasteiger partial charge in [-0.3, -0.25) is 9.36 Å². The number of rotatable bonds is 0. The second-order valence-corrected chi connectivity index (χ2v) is 4.21. The summed E-state index contributed by atoms with van der Waals surface area (Å²) in [5.74, 6) is 1.43. The predicted molar refractivity (Wildman–Crippen MR) is 60.9 cm³/mol. The molecule has 3 rings (SSSR count). The highest BCUT2D eigenvalue weighted by atomic mass is 32.1. The topological polar surface area (TPSA) is 60.1 Å². The summed E-state index contributed by atoms with van der Waals surface area (Å²) in [6.07, 6.45) is 0. The number of hydrogen-bond acceptors (Lipinski definition) is 4. The molecule has 2 aromatic heterocycles. The van der Waals surface area contributed by atoms with Gasteiger partial charge in [0.15, 0.2) is 0 Å². The molecule has 0 unspecified atom stereocenters. The molecule has 0 radical (unpaired) electrons. The maximum absolute atomic E-state index is 11.4. The van der Waals surface area contributed by atoms with Crippen LogP contribution in [-0.2, 0) is 11.3 Å². The number of nitrogens with one attached hydrogen (secondary N) is 1. The van der Waals surface area contributed by atoms with Crippen LogP contribution in [0, 0.1) is 18.6 Å². The molecule has 2 aromatic rings. The number of hydrogen-bond donors (Lipinski definition) is 1. The molecule has 0 saturated carbocycles. The van der Waals surface area contributed by atoms with Gasteiger partial charge in [-0.25, -0.2) is 0 Å². The van der Waals surface area contributed by atoms with E-state index in [4.69, 9.17) is 16.6 Å². The number of carbonyl (C=O) groups excluding carboxylic acids is 1. The van der Waals surface area contributed by atoms with Crippen molar-refractivity contribution in [3.05, 3.63) is 16.1 Å². The van der Waals surface area contributed by atoms with Crippen molar-refractivity contribution in [3.63, 3.8) is 0 Å². The molecule has 6 heteroatoms. The van der Waals surface area contributed by atoms with Gasteiger partial charge in [-0.1, -0.05) is 0 Å². The van der Waals surface area contributed by atoms with Gasteiger partial charge in [0.25, 0.3) is 0 Å². The number of aryl methyl sites for hydroxylation is 2. The number of nitrogens with zero attached hydrogens (tertiary/aromatic N) is 2. The maximum atomic E-state index is 11.4. The first-order valence-electron chi connectivity index (χ1n) is 4.88. The van der Waals surface area contributed by atoms with Gasteiger partial charge in [0.05, 0.1) is 5.39 Å². The smallest absolute Gasteiger partial charge is 0.245 e. The molecular formula is C10H9N3O2S. The summed E-state index contributed by atoms with van der Waals surface area (Å²) < 4.78 is 7.56. The van der Waals surface area contributed by atoms with Crippen LogP contribution >= 0.6 is 12.2 Å². The van der Waals surface area contributed by atoms with E-state index in [-0.39, 0.29) is 12.5 Å². The van der Waals surface area contributed by atoms with Crippen LogP contribution in [-0.4, -0.2) is 15.5 Å². The molecule has 0 saturated heterocycles. The van der Waals surface area contributed by atoms with E-state index in [1.807, 2.05) is 13.8 Å². The highest BCUT2D eigenvalue weighted by molar-refractivity contribution is 7.71. The molecular weight excluding hydrogens is 226 g/mol. The highest BCUT2D eigenvalue weighted by Crippen LogP contribution is 2.32. The largest absolute Gasteiger partial charge is 0.443 e. The van der Waals surface area contributed by atoms with Crippen LogP contribution in [0.3, 0.4) is 0 Å². The van der Waals surface area contributed by atoms with Gasteiger partial charge in [-0.05, 0) is 26.1 Å². The molecule has 0 aliphatic carbocycles. The molecule has 0 aromatic carbocycles. The van der Waals surface area contributed by atoms with Crippen LogP contribution in [0.1, 0.15) is 11.3 Å². The first kappa shape index (κ1) is 9.53. The second-order valence-electron chi connectivity index (χ2n) is 3.84. The molecule has 0 spiro atoms. The number of fused-ring (bicyclic) bond motifs is 3. The zero-order valence-corrected chi connectivity index (χ0v) is 9.64. The summed E-state index contributed by atoms with van der Waals surface area (Å²) in [4.78, 5) is 15.6. The Hall–Kier alpha value is -1.69. The van der Waals surface area contributed by atoms with Crippen LogP contribution in [0.2, 0.25) is 0 Å². The van der Waals surface area contributed by atoms with Crippen LogP contribution in [0.4, 0.5) is 5.82 Å². The fraction of sp³-hybridized carbons (Fsp3) is 0.300. The Morgan fingerprint density at radius 1 is 1.50 bits per heavy atom. The van der Waals surface area contributed by atoms with Gasteiger partial charge in [0.2, 0.25) is 16.4 Å². The minimum atomic E-state index is -0.0707. The van der Waals surface area contributed by atoms with Gasteiger partial charge in [0.1, 0.15) is 18.1 Å². The zero-order chi connectivity index (χ0) is 11.4. The van der Waals surface area contributed by atoms with Crippen molar-refractivity contribution >= 4 is 35.0 Å². The minimum absolute atomic E-state index is 0.0707. The van der Waals surface area contributed by atoms with E-state index in [9.17, 15) is 4.79 Å². The van der Waals surface area contributed by atoms with Crippen molar-refractivity contribution in [1.29, 1.82) is 0 Å². The Balaban J connectivity index is 2.52. The molecule has 1 amide bonds. The van der Waals surface area contributed by atoms with Crippen molar-refractivity contribution in [1.82, 2.24) is 9.55 Å². The molecule has 16 heavy (non-hydrogen) atoms. The Morgan fingerprint density at radius 3 is 3.00 bits per heavy atom. The van der Waals surface area contributed by atoms with Gasteiger partial charge in [-0.2, -0.15) is 4.98 Å². The molecule has 0 atom stereocenters. The molecule has 1 N–H and O–H groups in total. The lowest BCUT2D eigenvalue weighted by molar-refractivity contribution is -0.115. The van der Waals surface area contributed by atoms with Crippen LogP contribution in [0.25, 0.3) is 11.1 Å². The first-order chi connectivity index (χ1) is 7.58. The van der Waals surface area contributed by atoms with Gasteiger partial charge in [0, 0.05) is 5.56 Å². The molecule has 3 heterocycles. The summed E-state index contributed by atoms with van der Waals surface area (Å²) in [7, 11) is 0. The minimum Gasteiger partial charge on any atom is -0.443 e. The van der Waals surface area contributed by atoms with E-state index in [2.05, 4.69) is 10.3 Å². The molecule has 0 bridgehead atoms. The lowest BCUT2D eigenvalue weighted by atomic mass is 10.2. The Bertz CT molecular complexity index is 683. The summed E-state index contributed by atoms with van der Waals surface area (Å²) in [5, 5.41) is 3.64. The zero-order valence-electron chi connectivity index (χ0n) is 8.83. The lowest BCUT2D eigenvalue weighted by Crippen LogP contribution is -2.05. The van der Waals surface area contributed by atoms with Crippen LogP contribution in [0.5, 0.6) is 0 Å². The average molecular weight is 235 g/mol. The summed E-state index contributed by atoms with van der Waals surface area (Å²) >= 11 is 5.11. The van der Waals surface area contributed by atoms with Gasteiger partial charge in [-0.15, -0.1) is 0 Å². The monoisotopic (exact) mass is 235 g/mol. The predicted octanol–water partition coefficient (Wildman–Crippen LogP) is 1.93. The fourth-order valence-corrected chi connectivity index (χ4v) is 2.18. The third-order valence-electron chi connectivity index (χ3n) is 2.86. The van der Waals surface area contributed by atoms with Gasteiger partial charge >= 0.3 is 0 Å². The summed E-state index contributed by atoms with van der Waals surface area (Å²) in [6.45, 7) is 4.05. The summed E-state index contributed by atoms with van der Waals surface area (Å²) in [5.41, 5.74) is 1.48. The lowest BCUT2D eigenvalue weighted by Gasteiger charge is -2.02. The Kier molecular flexibility index (Phi) is 1.74. The number of furan rings is 1. The number of aromatic nitrogens is 2. The van der Waals surface area contributed by atoms with E-state index >= 15 is 0 Å². The summed E-state index contributed by atoms with van der Waals surface area (Å²) in [6, 6.07) is 0. The number of amides is 1. The Morgan fingerprint density at radius 2 is 2.25 bits per heavy atom. The van der Waals surface area contributed by atoms with E-state index < -0.39 is 0 Å². The third kappa shape index (κ3) is 1.07. The first-order valence-corrected chi connectivity index (χ1v) is 5.29. The number of carbonyl (C=O) groups is 1. The standard InChI is InChI=1S/C10H9N3O2S/c1-4-5(2)15-9-7(4)8-11-6(14)3-13(8)10(16)12-9/h3H2,1-2H3,(H,11,14). The quantitative estimate of drug-likeness (QED) is 0.709. The molecule has 82 valence electrons. The normalized spacial score (nSPS) is 14.2. The van der Waals surface area contributed by atoms with Crippen molar-refractivity contribution < 1.29 is 9.21 Å². The molecule has 1 aliphatic rings. The molecule has 1 aliphatic heterocycles. The SMILES string of the molecule is Cc1oc2nc(=S)n3c(c2c1C)NC(=O)C3. The van der Waals surface area contributed by atoms with Crippen molar-refractivity contribution in [2.75, 3.05) is 5.32 Å². The van der Waals surface area contributed by atoms with Crippen molar-refractivity contribution in [2.45, 2.75) is 20.4 Å². The van der Waals surface area contributed by atoms with Crippen LogP contribution < -0.4 is 5.32 Å². The van der Waals surface area contributed by atoms with Gasteiger partial charge < -0.3 is 9.73 Å². The fourth-order valence-electron chi connectivity index (χ4n) is 1.94. The van der Waals surface area contributed by atoms with E-state index in [0.717, 1.165) is 16.7 Å². The van der Waals surface area contributed by atoms with E-state index in [1.165, 1.54) is 0 Å². The van der Waals surface area contributed by atoms with E-state index in [1.54, 1.807) is 4.57 Å². The maximum Gasteiger partial charge on any atom is 0.245 e.